The van der Waals surface area contributed by atoms with Crippen LogP contribution in [0.25, 0.3) is 0 Å². The van der Waals surface area contributed by atoms with Crippen molar-refractivity contribution in [2.24, 2.45) is 0 Å². The van der Waals surface area contributed by atoms with E-state index in [1.54, 1.807) is 35.6 Å². The molecule has 2 heterocycles. The lowest BCUT2D eigenvalue weighted by molar-refractivity contribution is 0.0637. The third-order valence-electron chi connectivity index (χ3n) is 4.38. The van der Waals surface area contributed by atoms with Crippen molar-refractivity contribution in [2.45, 2.75) is 25.4 Å². The van der Waals surface area contributed by atoms with Crippen molar-refractivity contribution in [1.82, 2.24) is 14.8 Å². The molecule has 6 heteroatoms. The number of aromatic nitrogens is 1. The molecule has 0 bridgehead atoms. The summed E-state index contributed by atoms with van der Waals surface area (Å²) in [6.07, 6.45) is 3.95. The Bertz CT molecular complexity index is 636. The maximum Gasteiger partial charge on any atom is 0.253 e. The molecule has 1 aromatic carbocycles. The van der Waals surface area contributed by atoms with E-state index in [4.69, 9.17) is 11.6 Å². The molecule has 0 spiro atoms. The Kier molecular flexibility index (Phi) is 5.30. The van der Waals surface area contributed by atoms with E-state index >= 15 is 0 Å². The van der Waals surface area contributed by atoms with Crippen molar-refractivity contribution in [3.8, 4) is 0 Å². The Morgan fingerprint density at radius 1 is 1.35 bits per heavy atom. The second-order valence-electron chi connectivity index (χ2n) is 5.90. The Morgan fingerprint density at radius 2 is 2.04 bits per heavy atom. The van der Waals surface area contributed by atoms with E-state index in [9.17, 15) is 4.79 Å². The molecule has 0 saturated carbocycles. The van der Waals surface area contributed by atoms with Crippen LogP contribution in [0.2, 0.25) is 5.02 Å². The smallest absolute Gasteiger partial charge is 0.253 e. The quantitative estimate of drug-likeness (QED) is 0.847. The topological polar surface area (TPSA) is 36.4 Å². The molecule has 0 unspecified atom stereocenters. The van der Waals surface area contributed by atoms with Crippen LogP contribution in [-0.4, -0.2) is 46.9 Å². The molecule has 1 aromatic heterocycles. The summed E-state index contributed by atoms with van der Waals surface area (Å²) in [4.78, 5) is 22.3. The second kappa shape index (κ2) is 7.43. The molecule has 1 amide bonds. The van der Waals surface area contributed by atoms with Gasteiger partial charge in [0.05, 0.1) is 5.51 Å². The number of piperidine rings is 1. The predicted octanol–water partition coefficient (Wildman–Crippen LogP) is 3.53. The number of likely N-dealkylation sites (tertiary alicyclic amines) is 1. The summed E-state index contributed by atoms with van der Waals surface area (Å²) < 4.78 is 0. The van der Waals surface area contributed by atoms with Gasteiger partial charge in [0.1, 0.15) is 0 Å². The molecule has 0 atom stereocenters. The predicted molar refractivity (Wildman–Crippen MR) is 94.0 cm³/mol. The minimum atomic E-state index is 0.0718. The maximum absolute atomic E-state index is 12.6. The summed E-state index contributed by atoms with van der Waals surface area (Å²) in [7, 11) is 1.90. The van der Waals surface area contributed by atoms with Crippen molar-refractivity contribution in [3.05, 3.63) is 51.4 Å². The largest absolute Gasteiger partial charge is 0.339 e. The summed E-state index contributed by atoms with van der Waals surface area (Å²) in [6.45, 7) is 2.99. The molecule has 122 valence electrons. The monoisotopic (exact) mass is 349 g/mol. The average molecular weight is 350 g/mol. The minimum Gasteiger partial charge on any atom is -0.339 e. The molecule has 0 N–H and O–H groups in total. The highest BCUT2D eigenvalue weighted by molar-refractivity contribution is 7.09. The van der Waals surface area contributed by atoms with Gasteiger partial charge in [-0.3, -0.25) is 14.7 Å². The van der Waals surface area contributed by atoms with E-state index < -0.39 is 0 Å². The van der Waals surface area contributed by atoms with Gasteiger partial charge in [-0.1, -0.05) is 11.6 Å². The zero-order valence-corrected chi connectivity index (χ0v) is 14.7. The van der Waals surface area contributed by atoms with Gasteiger partial charge >= 0.3 is 0 Å². The van der Waals surface area contributed by atoms with E-state index in [-0.39, 0.29) is 5.91 Å². The number of carbonyl (C=O) groups is 1. The van der Waals surface area contributed by atoms with Gasteiger partial charge in [-0.25, -0.2) is 0 Å². The lowest BCUT2D eigenvalue weighted by Crippen LogP contribution is -2.45. The van der Waals surface area contributed by atoms with Crippen molar-refractivity contribution in [2.75, 3.05) is 20.1 Å². The van der Waals surface area contributed by atoms with E-state index in [2.05, 4.69) is 9.88 Å². The van der Waals surface area contributed by atoms with Crippen molar-refractivity contribution in [1.29, 1.82) is 0 Å². The van der Waals surface area contributed by atoms with Crippen LogP contribution < -0.4 is 0 Å². The maximum atomic E-state index is 12.6. The number of carbonyl (C=O) groups excluding carboxylic acids is 1. The zero-order chi connectivity index (χ0) is 16.2. The average Bonchev–Trinajstić information content (AvgIpc) is 3.08. The summed E-state index contributed by atoms with van der Waals surface area (Å²) >= 11 is 7.58. The first kappa shape index (κ1) is 16.4. The lowest BCUT2D eigenvalue weighted by atomic mass is 10.0. The fraction of sp³-hybridized carbons (Fsp3) is 0.412. The number of rotatable bonds is 4. The van der Waals surface area contributed by atoms with Crippen LogP contribution in [0.5, 0.6) is 0 Å². The number of nitrogens with zero attached hydrogens (tertiary/aromatic N) is 3. The highest BCUT2D eigenvalue weighted by Crippen LogP contribution is 2.20. The Balaban J connectivity index is 1.54. The molecule has 1 aliphatic rings. The standard InChI is InChI=1S/C17H20ClN3OS/c1-20(17(22)13-2-4-14(18)5-3-13)15-6-8-21(9-7-15)11-16-10-19-12-23-16/h2-5,10,12,15H,6-9,11H2,1H3. The van der Waals surface area contributed by atoms with E-state index in [0.29, 0.717) is 16.6 Å². The number of hydrogen-bond acceptors (Lipinski definition) is 4. The van der Waals surface area contributed by atoms with Crippen LogP contribution in [0.15, 0.2) is 36.0 Å². The van der Waals surface area contributed by atoms with Crippen LogP contribution in [0.4, 0.5) is 0 Å². The van der Waals surface area contributed by atoms with Crippen molar-refractivity contribution in [3.63, 3.8) is 0 Å². The van der Waals surface area contributed by atoms with Crippen LogP contribution in [0, 0.1) is 0 Å². The molecular formula is C17H20ClN3OS. The number of benzene rings is 1. The van der Waals surface area contributed by atoms with Crippen LogP contribution >= 0.6 is 22.9 Å². The Morgan fingerprint density at radius 3 is 2.65 bits per heavy atom. The van der Waals surface area contributed by atoms with Gasteiger partial charge in [-0.05, 0) is 37.1 Å². The SMILES string of the molecule is CN(C(=O)c1ccc(Cl)cc1)C1CCN(Cc2cncs2)CC1. The van der Waals surface area contributed by atoms with Crippen LogP contribution in [0.3, 0.4) is 0 Å². The third-order valence-corrected chi connectivity index (χ3v) is 5.40. The molecule has 1 saturated heterocycles. The van der Waals surface area contributed by atoms with Crippen LogP contribution in [0.1, 0.15) is 28.1 Å². The molecule has 1 aliphatic heterocycles. The number of thiazole rings is 1. The molecule has 0 aliphatic carbocycles. The van der Waals surface area contributed by atoms with Crippen molar-refractivity contribution >= 4 is 28.8 Å². The Hall–Kier alpha value is -1.43. The fourth-order valence-electron chi connectivity index (χ4n) is 2.97. The van der Waals surface area contributed by atoms with Gasteiger partial charge in [-0.2, -0.15) is 0 Å². The van der Waals surface area contributed by atoms with Gasteiger partial charge in [0, 0.05) is 54.4 Å². The van der Waals surface area contributed by atoms with Crippen molar-refractivity contribution < 1.29 is 4.79 Å². The number of halogens is 1. The molecule has 2 aromatic rings. The molecule has 1 fully saturated rings. The van der Waals surface area contributed by atoms with Crippen LogP contribution in [-0.2, 0) is 6.54 Å². The molecule has 3 rings (SSSR count). The number of amides is 1. The number of hydrogen-bond donors (Lipinski definition) is 0. The summed E-state index contributed by atoms with van der Waals surface area (Å²) in [5.41, 5.74) is 2.57. The molecule has 4 nitrogen and oxygen atoms in total. The Labute approximate surface area is 145 Å². The normalized spacial score (nSPS) is 16.4. The first-order valence-corrected chi connectivity index (χ1v) is 9.01. The first-order valence-electron chi connectivity index (χ1n) is 7.76. The van der Waals surface area contributed by atoms with E-state index in [1.165, 1.54) is 4.88 Å². The minimum absolute atomic E-state index is 0.0718. The molecule has 0 radical (unpaired) electrons. The molecular weight excluding hydrogens is 330 g/mol. The summed E-state index contributed by atoms with van der Waals surface area (Å²) in [5.74, 6) is 0.0718. The van der Waals surface area contributed by atoms with Gasteiger partial charge in [0.2, 0.25) is 0 Å². The third kappa shape index (κ3) is 4.10. The van der Waals surface area contributed by atoms with E-state index in [0.717, 1.165) is 32.5 Å². The second-order valence-corrected chi connectivity index (χ2v) is 7.31. The first-order chi connectivity index (χ1) is 11.1. The van der Waals surface area contributed by atoms with E-state index in [1.807, 2.05) is 23.7 Å². The highest BCUT2D eigenvalue weighted by Gasteiger charge is 2.26. The fourth-order valence-corrected chi connectivity index (χ4v) is 3.73. The zero-order valence-electron chi connectivity index (χ0n) is 13.1. The summed E-state index contributed by atoms with van der Waals surface area (Å²) in [6, 6.07) is 7.41. The molecule has 23 heavy (non-hydrogen) atoms. The van der Waals surface area contributed by atoms with Gasteiger partial charge in [0.15, 0.2) is 0 Å². The highest BCUT2D eigenvalue weighted by atomic mass is 35.5. The van der Waals surface area contributed by atoms with Gasteiger partial charge in [-0.15, -0.1) is 11.3 Å². The lowest BCUT2D eigenvalue weighted by Gasteiger charge is -2.36. The summed E-state index contributed by atoms with van der Waals surface area (Å²) in [5, 5.41) is 0.653. The van der Waals surface area contributed by atoms with Gasteiger partial charge in [0.25, 0.3) is 5.91 Å². The van der Waals surface area contributed by atoms with Gasteiger partial charge < -0.3 is 4.90 Å².